The van der Waals surface area contributed by atoms with Crippen LogP contribution in [0.3, 0.4) is 0 Å². The van der Waals surface area contributed by atoms with Crippen LogP contribution in [-0.4, -0.2) is 7.05 Å². The molecule has 2 nitrogen and oxygen atoms in total. The monoisotopic (exact) mass is 304 g/mol. The molecule has 0 spiro atoms. The topological polar surface area (TPSA) is 29.3 Å². The molecule has 0 saturated carbocycles. The molecule has 2 rings (SSSR count). The number of hydrogen-bond acceptors (Lipinski definition) is 2. The molecular formula is C15H17BrN2. The molecule has 2 aromatic rings. The van der Waals surface area contributed by atoms with Crippen molar-refractivity contribution >= 4 is 27.3 Å². The van der Waals surface area contributed by atoms with E-state index in [4.69, 9.17) is 5.73 Å². The molecule has 0 amide bonds. The van der Waals surface area contributed by atoms with Crippen molar-refractivity contribution < 1.29 is 0 Å². The maximum Gasteiger partial charge on any atom is 0.0426 e. The summed E-state index contributed by atoms with van der Waals surface area (Å²) in [4.78, 5) is 2.20. The van der Waals surface area contributed by atoms with Gasteiger partial charge in [0.1, 0.15) is 0 Å². The number of hydrogen-bond donors (Lipinski definition) is 1. The largest absolute Gasteiger partial charge is 0.399 e. The summed E-state index contributed by atoms with van der Waals surface area (Å²) in [5.41, 5.74) is 10.3. The minimum absolute atomic E-state index is 0.811. The zero-order chi connectivity index (χ0) is 13.1. The maximum absolute atomic E-state index is 5.88. The number of aryl methyl sites for hydroxylation is 1. The Labute approximate surface area is 117 Å². The molecule has 3 heteroatoms. The third kappa shape index (κ3) is 3.26. The first-order valence-electron chi connectivity index (χ1n) is 5.87. The zero-order valence-electron chi connectivity index (χ0n) is 10.7. The van der Waals surface area contributed by atoms with Crippen LogP contribution in [0.4, 0.5) is 11.4 Å². The normalized spacial score (nSPS) is 10.4. The van der Waals surface area contributed by atoms with Crippen LogP contribution >= 0.6 is 15.9 Å². The van der Waals surface area contributed by atoms with Gasteiger partial charge in [0.25, 0.3) is 0 Å². The molecule has 0 heterocycles. The summed E-state index contributed by atoms with van der Waals surface area (Å²) < 4.78 is 1.11. The average Bonchev–Trinajstić information content (AvgIpc) is 2.27. The Morgan fingerprint density at radius 2 is 1.94 bits per heavy atom. The number of nitrogens with two attached hydrogens (primary N) is 1. The third-order valence-electron chi connectivity index (χ3n) is 2.83. The van der Waals surface area contributed by atoms with Crippen molar-refractivity contribution in [2.24, 2.45) is 0 Å². The van der Waals surface area contributed by atoms with Crippen LogP contribution in [0.2, 0.25) is 0 Å². The van der Waals surface area contributed by atoms with Gasteiger partial charge in [0.2, 0.25) is 0 Å². The molecule has 0 aliphatic carbocycles. The number of nitrogens with zero attached hydrogens (tertiary/aromatic N) is 1. The Kier molecular flexibility index (Phi) is 3.92. The summed E-state index contributed by atoms with van der Waals surface area (Å²) in [6.45, 7) is 2.93. The lowest BCUT2D eigenvalue weighted by atomic mass is 10.1. The van der Waals surface area contributed by atoms with Crippen molar-refractivity contribution in [3.05, 3.63) is 58.1 Å². The van der Waals surface area contributed by atoms with Gasteiger partial charge in [-0.2, -0.15) is 0 Å². The summed E-state index contributed by atoms with van der Waals surface area (Å²) >= 11 is 3.49. The highest BCUT2D eigenvalue weighted by atomic mass is 79.9. The Hall–Kier alpha value is -1.48. The Bertz CT molecular complexity index is 532. The second-order valence-corrected chi connectivity index (χ2v) is 5.50. The van der Waals surface area contributed by atoms with E-state index in [9.17, 15) is 0 Å². The van der Waals surface area contributed by atoms with Crippen molar-refractivity contribution in [3.8, 4) is 0 Å². The van der Waals surface area contributed by atoms with Crippen LogP contribution in [0.25, 0.3) is 0 Å². The summed E-state index contributed by atoms with van der Waals surface area (Å²) in [6.07, 6.45) is 0. The lowest BCUT2D eigenvalue weighted by Crippen LogP contribution is -2.16. The highest BCUT2D eigenvalue weighted by Gasteiger charge is 2.04. The smallest absolute Gasteiger partial charge is 0.0426 e. The second-order valence-electron chi connectivity index (χ2n) is 4.59. The van der Waals surface area contributed by atoms with Crippen molar-refractivity contribution in [2.45, 2.75) is 13.5 Å². The van der Waals surface area contributed by atoms with Crippen molar-refractivity contribution in [1.82, 2.24) is 0 Å². The molecule has 0 radical (unpaired) electrons. The second kappa shape index (κ2) is 5.44. The number of benzene rings is 2. The number of halogens is 1. The number of anilines is 2. The Morgan fingerprint density at radius 1 is 1.17 bits per heavy atom. The van der Waals surface area contributed by atoms with Gasteiger partial charge in [0.05, 0.1) is 0 Å². The molecule has 0 aliphatic heterocycles. The van der Waals surface area contributed by atoms with Gasteiger partial charge < -0.3 is 10.6 Å². The van der Waals surface area contributed by atoms with Gasteiger partial charge in [0, 0.05) is 29.4 Å². The molecule has 0 atom stereocenters. The molecule has 0 aromatic heterocycles. The van der Waals surface area contributed by atoms with Gasteiger partial charge >= 0.3 is 0 Å². The zero-order valence-corrected chi connectivity index (χ0v) is 12.2. The predicted octanol–water partition coefficient (Wildman–Crippen LogP) is 3.98. The van der Waals surface area contributed by atoms with Gasteiger partial charge in [-0.15, -0.1) is 0 Å². The predicted molar refractivity (Wildman–Crippen MR) is 81.8 cm³/mol. The first-order valence-corrected chi connectivity index (χ1v) is 6.66. The molecule has 18 heavy (non-hydrogen) atoms. The molecule has 0 aliphatic rings. The molecule has 0 saturated heterocycles. The van der Waals surface area contributed by atoms with Crippen LogP contribution in [-0.2, 0) is 6.54 Å². The number of rotatable bonds is 3. The van der Waals surface area contributed by atoms with E-state index in [0.29, 0.717) is 0 Å². The lowest BCUT2D eigenvalue weighted by Gasteiger charge is -2.20. The Morgan fingerprint density at radius 3 is 2.61 bits per heavy atom. The van der Waals surface area contributed by atoms with Gasteiger partial charge in [0.15, 0.2) is 0 Å². The molecule has 2 aromatic carbocycles. The van der Waals surface area contributed by atoms with E-state index in [1.807, 2.05) is 18.2 Å². The van der Waals surface area contributed by atoms with E-state index < -0.39 is 0 Å². The van der Waals surface area contributed by atoms with Crippen LogP contribution in [0, 0.1) is 6.92 Å². The highest BCUT2D eigenvalue weighted by molar-refractivity contribution is 9.10. The molecular weight excluding hydrogens is 288 g/mol. The SMILES string of the molecule is Cc1cc(N)cc(N(C)Cc2cccc(Br)c2)c1. The van der Waals surface area contributed by atoms with Crippen LogP contribution < -0.4 is 10.6 Å². The summed E-state index contributed by atoms with van der Waals surface area (Å²) in [7, 11) is 2.08. The first-order chi connectivity index (χ1) is 8.54. The standard InChI is InChI=1S/C15H17BrN2/c1-11-6-14(17)9-15(7-11)18(2)10-12-4-3-5-13(16)8-12/h3-9H,10,17H2,1-2H3. The van der Waals surface area contributed by atoms with Gasteiger partial charge in [-0.25, -0.2) is 0 Å². The van der Waals surface area contributed by atoms with Gasteiger partial charge in [-0.05, 0) is 48.4 Å². The van der Waals surface area contributed by atoms with Crippen molar-refractivity contribution in [2.75, 3.05) is 17.7 Å². The van der Waals surface area contributed by atoms with E-state index >= 15 is 0 Å². The quantitative estimate of drug-likeness (QED) is 0.869. The fraction of sp³-hybridized carbons (Fsp3) is 0.200. The fourth-order valence-corrected chi connectivity index (χ4v) is 2.46. The minimum Gasteiger partial charge on any atom is -0.399 e. The summed E-state index contributed by atoms with van der Waals surface area (Å²) in [5.74, 6) is 0. The summed E-state index contributed by atoms with van der Waals surface area (Å²) in [6, 6.07) is 14.5. The first kappa shape index (κ1) is 13.0. The lowest BCUT2D eigenvalue weighted by molar-refractivity contribution is 0.921. The molecule has 0 unspecified atom stereocenters. The van der Waals surface area contributed by atoms with E-state index in [1.165, 1.54) is 11.1 Å². The van der Waals surface area contributed by atoms with Crippen molar-refractivity contribution in [1.29, 1.82) is 0 Å². The van der Waals surface area contributed by atoms with Crippen LogP contribution in [0.5, 0.6) is 0 Å². The molecule has 94 valence electrons. The third-order valence-corrected chi connectivity index (χ3v) is 3.33. The average molecular weight is 305 g/mol. The minimum atomic E-state index is 0.811. The Balaban J connectivity index is 2.19. The highest BCUT2D eigenvalue weighted by Crippen LogP contribution is 2.21. The van der Waals surface area contributed by atoms with E-state index in [-0.39, 0.29) is 0 Å². The van der Waals surface area contributed by atoms with Crippen LogP contribution in [0.1, 0.15) is 11.1 Å². The van der Waals surface area contributed by atoms with Crippen LogP contribution in [0.15, 0.2) is 46.9 Å². The fourth-order valence-electron chi connectivity index (χ4n) is 2.01. The molecule has 2 N–H and O–H groups in total. The molecule has 0 fully saturated rings. The van der Waals surface area contributed by atoms with E-state index in [1.54, 1.807) is 0 Å². The molecule has 0 bridgehead atoms. The van der Waals surface area contributed by atoms with E-state index in [2.05, 4.69) is 59.1 Å². The maximum atomic E-state index is 5.88. The van der Waals surface area contributed by atoms with E-state index in [0.717, 1.165) is 22.4 Å². The number of nitrogen functional groups attached to an aromatic ring is 1. The van der Waals surface area contributed by atoms with Crippen molar-refractivity contribution in [3.63, 3.8) is 0 Å². The van der Waals surface area contributed by atoms with Gasteiger partial charge in [-0.1, -0.05) is 28.1 Å². The van der Waals surface area contributed by atoms with Gasteiger partial charge in [-0.3, -0.25) is 0 Å². The summed E-state index contributed by atoms with van der Waals surface area (Å²) in [5, 5.41) is 0.